The van der Waals surface area contributed by atoms with Gasteiger partial charge in [0.1, 0.15) is 0 Å². The van der Waals surface area contributed by atoms with Crippen molar-refractivity contribution in [3.05, 3.63) is 60.7 Å². The van der Waals surface area contributed by atoms with E-state index in [9.17, 15) is 0 Å². The summed E-state index contributed by atoms with van der Waals surface area (Å²) in [7, 11) is 6.25. The summed E-state index contributed by atoms with van der Waals surface area (Å²) < 4.78 is 0. The second-order valence-electron chi connectivity index (χ2n) is 4.23. The normalized spacial score (nSPS) is 9.50. The summed E-state index contributed by atoms with van der Waals surface area (Å²) in [6.45, 7) is 0. The van der Waals surface area contributed by atoms with Crippen molar-refractivity contribution in [3.8, 4) is 11.1 Å². The molecule has 0 saturated heterocycles. The van der Waals surface area contributed by atoms with E-state index in [0.717, 1.165) is 0 Å². The lowest BCUT2D eigenvalue weighted by molar-refractivity contribution is -0.836. The average molecular weight is 214 g/mol. The quantitative estimate of drug-likeness (QED) is 0.741. The fourth-order valence-corrected chi connectivity index (χ4v) is 1.26. The van der Waals surface area contributed by atoms with Crippen LogP contribution >= 0.6 is 0 Å². The third-order valence-electron chi connectivity index (χ3n) is 1.88. The number of quaternary nitrogens is 1. The van der Waals surface area contributed by atoms with Crippen LogP contribution in [0.3, 0.4) is 0 Å². The zero-order valence-corrected chi connectivity index (χ0v) is 10.3. The van der Waals surface area contributed by atoms with Crippen molar-refractivity contribution in [1.82, 2.24) is 0 Å². The molecule has 0 fully saturated rings. The van der Waals surface area contributed by atoms with Gasteiger partial charge in [-0.3, -0.25) is 0 Å². The van der Waals surface area contributed by atoms with E-state index in [1.54, 1.807) is 0 Å². The van der Waals surface area contributed by atoms with Crippen molar-refractivity contribution in [2.75, 3.05) is 21.1 Å². The number of nitrogens with one attached hydrogen (secondary N) is 1. The molecule has 0 atom stereocenters. The van der Waals surface area contributed by atoms with Gasteiger partial charge in [-0.1, -0.05) is 60.7 Å². The minimum atomic E-state index is 1.28. The fourth-order valence-electron chi connectivity index (χ4n) is 1.26. The minimum absolute atomic E-state index is 1.28. The predicted molar refractivity (Wildman–Crippen MR) is 70.6 cm³/mol. The van der Waals surface area contributed by atoms with Gasteiger partial charge in [0, 0.05) is 0 Å². The molecule has 84 valence electrons. The highest BCUT2D eigenvalue weighted by molar-refractivity contribution is 5.62. The molecule has 0 aliphatic carbocycles. The van der Waals surface area contributed by atoms with Gasteiger partial charge < -0.3 is 4.90 Å². The maximum atomic E-state index is 2.12. The van der Waals surface area contributed by atoms with Crippen molar-refractivity contribution in [3.63, 3.8) is 0 Å². The molecule has 0 aliphatic rings. The van der Waals surface area contributed by atoms with Crippen LogP contribution in [-0.2, 0) is 0 Å². The van der Waals surface area contributed by atoms with Crippen LogP contribution in [0.4, 0.5) is 0 Å². The number of benzene rings is 2. The Morgan fingerprint density at radius 2 is 0.812 bits per heavy atom. The van der Waals surface area contributed by atoms with E-state index in [1.165, 1.54) is 16.0 Å². The summed E-state index contributed by atoms with van der Waals surface area (Å²) in [4.78, 5) is 1.42. The van der Waals surface area contributed by atoms with Crippen LogP contribution < -0.4 is 4.90 Å². The second-order valence-corrected chi connectivity index (χ2v) is 4.23. The van der Waals surface area contributed by atoms with Gasteiger partial charge in [0.05, 0.1) is 21.1 Å². The largest absolute Gasteiger partial charge is 0.342 e. The average Bonchev–Trinajstić information content (AvgIpc) is 2.31. The van der Waals surface area contributed by atoms with E-state index in [2.05, 4.69) is 69.7 Å². The molecule has 0 aromatic heterocycles. The van der Waals surface area contributed by atoms with Crippen LogP contribution in [0.1, 0.15) is 0 Å². The first-order valence-corrected chi connectivity index (χ1v) is 5.57. The van der Waals surface area contributed by atoms with Crippen LogP contribution in [-0.4, -0.2) is 21.1 Å². The minimum Gasteiger partial charge on any atom is -0.342 e. The molecule has 1 nitrogen and oxygen atoms in total. The Kier molecular flexibility index (Phi) is 5.30. The van der Waals surface area contributed by atoms with Crippen LogP contribution in [0.2, 0.25) is 0 Å². The summed E-state index contributed by atoms with van der Waals surface area (Å²) in [5.74, 6) is 0. The van der Waals surface area contributed by atoms with Crippen LogP contribution in [0.15, 0.2) is 60.7 Å². The highest BCUT2D eigenvalue weighted by Gasteiger charge is 1.91. The molecule has 2 aromatic carbocycles. The fraction of sp³-hybridized carbons (Fsp3) is 0.200. The Balaban J connectivity index is 0.000000280. The van der Waals surface area contributed by atoms with Crippen molar-refractivity contribution in [2.45, 2.75) is 0 Å². The van der Waals surface area contributed by atoms with Gasteiger partial charge in [-0.25, -0.2) is 0 Å². The maximum absolute atomic E-state index is 2.12. The molecule has 0 amide bonds. The van der Waals surface area contributed by atoms with Crippen molar-refractivity contribution >= 4 is 0 Å². The molecular weight excluding hydrogens is 194 g/mol. The van der Waals surface area contributed by atoms with Gasteiger partial charge in [0.25, 0.3) is 0 Å². The predicted octanol–water partition coefficient (Wildman–Crippen LogP) is 2.11. The van der Waals surface area contributed by atoms with Gasteiger partial charge in [-0.2, -0.15) is 0 Å². The molecule has 0 spiro atoms. The van der Waals surface area contributed by atoms with E-state index in [1.807, 2.05) is 12.1 Å². The van der Waals surface area contributed by atoms with Gasteiger partial charge in [0.15, 0.2) is 0 Å². The zero-order valence-electron chi connectivity index (χ0n) is 10.3. The number of hydrogen-bond acceptors (Lipinski definition) is 0. The molecule has 0 unspecified atom stereocenters. The molecule has 0 saturated carbocycles. The molecule has 1 N–H and O–H groups in total. The molecular formula is C15H20N+. The molecule has 16 heavy (non-hydrogen) atoms. The summed E-state index contributed by atoms with van der Waals surface area (Å²) >= 11 is 0. The van der Waals surface area contributed by atoms with Crippen LogP contribution in [0.25, 0.3) is 11.1 Å². The first-order chi connectivity index (χ1) is 7.70. The first-order valence-electron chi connectivity index (χ1n) is 5.57. The smallest absolute Gasteiger partial charge is 0.0661 e. The Bertz CT molecular complexity index is 338. The highest BCUT2D eigenvalue weighted by atomic mass is 15.0. The molecule has 2 aromatic rings. The summed E-state index contributed by atoms with van der Waals surface area (Å²) in [6, 6.07) is 20.8. The molecule has 1 heteroatoms. The molecule has 0 radical (unpaired) electrons. The molecule has 0 heterocycles. The first kappa shape index (κ1) is 12.5. The Labute approximate surface area is 98.3 Å². The lowest BCUT2D eigenvalue weighted by atomic mass is 10.1. The SMILES string of the molecule is C[NH+](C)C.c1ccc(-c2ccccc2)cc1. The molecule has 0 aliphatic heterocycles. The highest BCUT2D eigenvalue weighted by Crippen LogP contribution is 2.17. The van der Waals surface area contributed by atoms with E-state index in [-0.39, 0.29) is 0 Å². The maximum Gasteiger partial charge on any atom is 0.0661 e. The molecule has 0 bridgehead atoms. The number of hydrogen-bond donors (Lipinski definition) is 1. The van der Waals surface area contributed by atoms with Gasteiger partial charge in [0.2, 0.25) is 0 Å². The van der Waals surface area contributed by atoms with Crippen molar-refractivity contribution < 1.29 is 4.90 Å². The van der Waals surface area contributed by atoms with E-state index in [0.29, 0.717) is 0 Å². The van der Waals surface area contributed by atoms with Crippen LogP contribution in [0.5, 0.6) is 0 Å². The van der Waals surface area contributed by atoms with E-state index in [4.69, 9.17) is 0 Å². The topological polar surface area (TPSA) is 4.44 Å². The Morgan fingerprint density at radius 1 is 0.562 bits per heavy atom. The van der Waals surface area contributed by atoms with Gasteiger partial charge >= 0.3 is 0 Å². The summed E-state index contributed by atoms with van der Waals surface area (Å²) in [5.41, 5.74) is 2.55. The molecule has 2 rings (SSSR count). The Morgan fingerprint density at radius 3 is 1.06 bits per heavy atom. The van der Waals surface area contributed by atoms with Crippen molar-refractivity contribution in [1.29, 1.82) is 0 Å². The van der Waals surface area contributed by atoms with E-state index < -0.39 is 0 Å². The second kappa shape index (κ2) is 6.81. The van der Waals surface area contributed by atoms with E-state index >= 15 is 0 Å². The third-order valence-corrected chi connectivity index (χ3v) is 1.88. The third kappa shape index (κ3) is 4.76. The summed E-state index contributed by atoms with van der Waals surface area (Å²) in [6.07, 6.45) is 0. The Hall–Kier alpha value is -1.60. The standard InChI is InChI=1S/C12H10.C3H9N/c1-3-7-11(8-4-1)12-9-5-2-6-10-12;1-4(2)3/h1-10H;1-3H3/p+1. The zero-order chi connectivity index (χ0) is 11.8. The van der Waals surface area contributed by atoms with Gasteiger partial charge in [-0.05, 0) is 11.1 Å². The lowest BCUT2D eigenvalue weighted by Gasteiger charge is -1.98. The van der Waals surface area contributed by atoms with Crippen molar-refractivity contribution in [2.24, 2.45) is 0 Å². The summed E-state index contributed by atoms with van der Waals surface area (Å²) in [5, 5.41) is 0. The monoisotopic (exact) mass is 214 g/mol. The van der Waals surface area contributed by atoms with Crippen LogP contribution in [0, 0.1) is 0 Å². The van der Waals surface area contributed by atoms with Gasteiger partial charge in [-0.15, -0.1) is 0 Å². The lowest BCUT2D eigenvalue weighted by Crippen LogP contribution is -3.02. The number of rotatable bonds is 1.